The van der Waals surface area contributed by atoms with Gasteiger partial charge in [0.15, 0.2) is 0 Å². The molecular formula is C16H24N4O2. The minimum absolute atomic E-state index is 0.0363. The number of anilines is 1. The van der Waals surface area contributed by atoms with E-state index < -0.39 is 6.03 Å². The van der Waals surface area contributed by atoms with E-state index in [4.69, 9.17) is 11.5 Å². The van der Waals surface area contributed by atoms with Gasteiger partial charge in [0.05, 0.1) is 6.04 Å². The van der Waals surface area contributed by atoms with Crippen molar-refractivity contribution in [2.24, 2.45) is 17.4 Å². The molecule has 2 rings (SSSR count). The SMILES string of the molecule is CC(NC(=O)C[C@@H]1CCC[C@H]1N)c1ccc(NC(N)=O)cc1. The summed E-state index contributed by atoms with van der Waals surface area (Å²) in [6, 6.07) is 6.70. The van der Waals surface area contributed by atoms with Gasteiger partial charge in [-0.2, -0.15) is 0 Å². The van der Waals surface area contributed by atoms with E-state index in [0.29, 0.717) is 18.0 Å². The van der Waals surface area contributed by atoms with Gasteiger partial charge in [-0.1, -0.05) is 18.6 Å². The number of urea groups is 1. The highest BCUT2D eigenvalue weighted by atomic mass is 16.2. The summed E-state index contributed by atoms with van der Waals surface area (Å²) in [4.78, 5) is 22.9. The summed E-state index contributed by atoms with van der Waals surface area (Å²) in [6.45, 7) is 1.93. The molecule has 1 fully saturated rings. The number of carbonyl (C=O) groups excluding carboxylic acids is 2. The zero-order chi connectivity index (χ0) is 16.1. The number of carbonyl (C=O) groups is 2. The first-order valence-electron chi connectivity index (χ1n) is 7.67. The molecule has 1 aliphatic rings. The van der Waals surface area contributed by atoms with Gasteiger partial charge in [-0.25, -0.2) is 4.79 Å². The average molecular weight is 304 g/mol. The molecule has 0 aliphatic heterocycles. The molecule has 120 valence electrons. The molecular weight excluding hydrogens is 280 g/mol. The Morgan fingerprint density at radius 3 is 2.50 bits per heavy atom. The molecule has 1 aliphatic carbocycles. The standard InChI is InChI=1S/C16H24N4O2/c1-10(11-5-7-13(8-6-11)20-16(18)22)19-15(21)9-12-3-2-4-14(12)17/h5-8,10,12,14H,2-4,9,17H2,1H3,(H,19,21)(H3,18,20,22)/t10?,12-,14+/m0/s1. The number of amides is 3. The topological polar surface area (TPSA) is 110 Å². The highest BCUT2D eigenvalue weighted by molar-refractivity contribution is 5.87. The van der Waals surface area contributed by atoms with E-state index >= 15 is 0 Å². The molecule has 0 spiro atoms. The molecule has 3 amide bonds. The number of primary amides is 1. The van der Waals surface area contributed by atoms with Crippen molar-refractivity contribution in [3.8, 4) is 0 Å². The molecule has 6 heteroatoms. The van der Waals surface area contributed by atoms with Crippen LogP contribution in [0.25, 0.3) is 0 Å². The van der Waals surface area contributed by atoms with Crippen LogP contribution in [0.3, 0.4) is 0 Å². The summed E-state index contributed by atoms with van der Waals surface area (Å²) in [5, 5.41) is 5.50. The average Bonchev–Trinajstić information content (AvgIpc) is 2.84. The first-order chi connectivity index (χ1) is 10.5. The number of rotatable bonds is 5. The highest BCUT2D eigenvalue weighted by Crippen LogP contribution is 2.27. The Morgan fingerprint density at radius 1 is 1.27 bits per heavy atom. The van der Waals surface area contributed by atoms with Gasteiger partial charge < -0.3 is 22.1 Å². The second-order valence-corrected chi connectivity index (χ2v) is 5.96. The third-order valence-corrected chi connectivity index (χ3v) is 4.22. The quantitative estimate of drug-likeness (QED) is 0.666. The maximum Gasteiger partial charge on any atom is 0.316 e. The molecule has 0 saturated heterocycles. The highest BCUT2D eigenvalue weighted by Gasteiger charge is 2.26. The maximum absolute atomic E-state index is 12.1. The Hall–Kier alpha value is -2.08. The van der Waals surface area contributed by atoms with Gasteiger partial charge in [-0.15, -0.1) is 0 Å². The fraction of sp³-hybridized carbons (Fsp3) is 0.500. The van der Waals surface area contributed by atoms with E-state index in [1.165, 1.54) is 0 Å². The van der Waals surface area contributed by atoms with Crippen molar-refractivity contribution in [2.45, 2.75) is 44.7 Å². The van der Waals surface area contributed by atoms with Crippen LogP contribution < -0.4 is 22.1 Å². The molecule has 0 aromatic heterocycles. The lowest BCUT2D eigenvalue weighted by atomic mass is 9.99. The third-order valence-electron chi connectivity index (χ3n) is 4.22. The van der Waals surface area contributed by atoms with Gasteiger partial charge in [0.25, 0.3) is 0 Å². The zero-order valence-electron chi connectivity index (χ0n) is 12.8. The second kappa shape index (κ2) is 7.26. The molecule has 1 aromatic carbocycles. The van der Waals surface area contributed by atoms with Crippen LogP contribution in [0.2, 0.25) is 0 Å². The van der Waals surface area contributed by atoms with Crippen LogP contribution in [0.15, 0.2) is 24.3 Å². The molecule has 3 atom stereocenters. The third kappa shape index (κ3) is 4.46. The molecule has 1 saturated carbocycles. The van der Waals surface area contributed by atoms with E-state index in [1.807, 2.05) is 19.1 Å². The Morgan fingerprint density at radius 2 is 1.95 bits per heavy atom. The summed E-state index contributed by atoms with van der Waals surface area (Å²) >= 11 is 0. The fourth-order valence-electron chi connectivity index (χ4n) is 2.94. The van der Waals surface area contributed by atoms with E-state index in [1.54, 1.807) is 12.1 Å². The normalized spacial score (nSPS) is 22.1. The zero-order valence-corrected chi connectivity index (χ0v) is 12.8. The van der Waals surface area contributed by atoms with Gasteiger partial charge in [0, 0.05) is 18.2 Å². The summed E-state index contributed by atoms with van der Waals surface area (Å²) in [6.07, 6.45) is 3.66. The predicted molar refractivity (Wildman–Crippen MR) is 86.1 cm³/mol. The van der Waals surface area contributed by atoms with Crippen LogP contribution in [-0.4, -0.2) is 18.0 Å². The molecule has 6 nitrogen and oxygen atoms in total. The van der Waals surface area contributed by atoms with Gasteiger partial charge >= 0.3 is 6.03 Å². The molecule has 1 aromatic rings. The van der Waals surface area contributed by atoms with Gasteiger partial charge in [0.2, 0.25) is 5.91 Å². The fourth-order valence-corrected chi connectivity index (χ4v) is 2.94. The number of hydrogen-bond donors (Lipinski definition) is 4. The van der Waals surface area contributed by atoms with Crippen molar-refractivity contribution in [3.63, 3.8) is 0 Å². The van der Waals surface area contributed by atoms with Crippen LogP contribution in [0.5, 0.6) is 0 Å². The lowest BCUT2D eigenvalue weighted by molar-refractivity contribution is -0.122. The summed E-state index contributed by atoms with van der Waals surface area (Å²) < 4.78 is 0. The van der Waals surface area contributed by atoms with Crippen molar-refractivity contribution in [1.82, 2.24) is 5.32 Å². The molecule has 0 heterocycles. The van der Waals surface area contributed by atoms with Crippen LogP contribution in [0.4, 0.5) is 10.5 Å². The first-order valence-corrected chi connectivity index (χ1v) is 7.67. The largest absolute Gasteiger partial charge is 0.351 e. The molecule has 6 N–H and O–H groups in total. The van der Waals surface area contributed by atoms with E-state index in [0.717, 1.165) is 24.8 Å². The molecule has 1 unspecified atom stereocenters. The van der Waals surface area contributed by atoms with Crippen molar-refractivity contribution in [3.05, 3.63) is 29.8 Å². The van der Waals surface area contributed by atoms with Gasteiger partial charge in [-0.3, -0.25) is 4.79 Å². The first kappa shape index (κ1) is 16.3. The van der Waals surface area contributed by atoms with Crippen LogP contribution in [0, 0.1) is 5.92 Å². The molecule has 0 radical (unpaired) electrons. The Bertz CT molecular complexity index is 529. The van der Waals surface area contributed by atoms with Crippen molar-refractivity contribution >= 4 is 17.6 Å². The lowest BCUT2D eigenvalue weighted by Crippen LogP contribution is -2.32. The summed E-state index contributed by atoms with van der Waals surface area (Å²) in [5.41, 5.74) is 12.7. The van der Waals surface area contributed by atoms with Crippen LogP contribution >= 0.6 is 0 Å². The van der Waals surface area contributed by atoms with Gasteiger partial charge in [-0.05, 0) is 43.4 Å². The molecule has 22 heavy (non-hydrogen) atoms. The van der Waals surface area contributed by atoms with Crippen molar-refractivity contribution in [1.29, 1.82) is 0 Å². The lowest BCUT2D eigenvalue weighted by Gasteiger charge is -2.18. The Labute approximate surface area is 130 Å². The van der Waals surface area contributed by atoms with E-state index in [-0.39, 0.29) is 18.0 Å². The summed E-state index contributed by atoms with van der Waals surface area (Å²) in [7, 11) is 0. The number of nitrogens with one attached hydrogen (secondary N) is 2. The second-order valence-electron chi connectivity index (χ2n) is 5.96. The minimum Gasteiger partial charge on any atom is -0.351 e. The Balaban J connectivity index is 1.86. The van der Waals surface area contributed by atoms with Crippen LogP contribution in [-0.2, 0) is 4.79 Å². The van der Waals surface area contributed by atoms with Crippen LogP contribution in [0.1, 0.15) is 44.2 Å². The number of benzene rings is 1. The predicted octanol–water partition coefficient (Wildman–Crippen LogP) is 1.87. The maximum atomic E-state index is 12.1. The Kier molecular flexibility index (Phi) is 5.38. The number of nitrogens with two attached hydrogens (primary N) is 2. The van der Waals surface area contributed by atoms with E-state index in [2.05, 4.69) is 10.6 Å². The van der Waals surface area contributed by atoms with E-state index in [9.17, 15) is 9.59 Å². The monoisotopic (exact) mass is 304 g/mol. The minimum atomic E-state index is -0.595. The smallest absolute Gasteiger partial charge is 0.316 e. The summed E-state index contributed by atoms with van der Waals surface area (Å²) in [5.74, 6) is 0.337. The number of hydrogen-bond acceptors (Lipinski definition) is 3. The van der Waals surface area contributed by atoms with Crippen molar-refractivity contribution in [2.75, 3.05) is 5.32 Å². The molecule has 0 bridgehead atoms. The van der Waals surface area contributed by atoms with Gasteiger partial charge in [0.1, 0.15) is 0 Å². The van der Waals surface area contributed by atoms with Crippen molar-refractivity contribution < 1.29 is 9.59 Å².